The lowest BCUT2D eigenvalue weighted by molar-refractivity contribution is -0.138. The highest BCUT2D eigenvalue weighted by molar-refractivity contribution is 5.67. The van der Waals surface area contributed by atoms with Crippen molar-refractivity contribution in [3.63, 3.8) is 0 Å². The van der Waals surface area contributed by atoms with Crippen LogP contribution in [0.25, 0.3) is 0 Å². The van der Waals surface area contributed by atoms with E-state index in [0.29, 0.717) is 24.7 Å². The average Bonchev–Trinajstić information content (AvgIpc) is 3.27. The van der Waals surface area contributed by atoms with E-state index in [4.69, 9.17) is 15.3 Å². The van der Waals surface area contributed by atoms with E-state index in [1.807, 2.05) is 0 Å². The molecule has 6 heteroatoms. The monoisotopic (exact) mass is 939 g/mol. The van der Waals surface area contributed by atoms with Crippen molar-refractivity contribution in [2.24, 2.45) is 5.41 Å². The van der Waals surface area contributed by atoms with Crippen molar-refractivity contribution in [2.45, 2.75) is 363 Å². The molecule has 3 N–H and O–H groups in total. The van der Waals surface area contributed by atoms with Crippen molar-refractivity contribution in [2.75, 3.05) is 0 Å². The Labute approximate surface area is 414 Å². The topological polar surface area (TPSA) is 112 Å². The van der Waals surface area contributed by atoms with Crippen molar-refractivity contribution >= 4 is 17.9 Å². The zero-order valence-corrected chi connectivity index (χ0v) is 46.2. The molecule has 66 heavy (non-hydrogen) atoms. The fourth-order valence-electron chi connectivity index (χ4n) is 7.94. The highest BCUT2D eigenvalue weighted by Gasteiger charge is 2.04. The van der Waals surface area contributed by atoms with Crippen molar-refractivity contribution in [1.82, 2.24) is 0 Å². The van der Waals surface area contributed by atoms with Gasteiger partial charge in [-0.2, -0.15) is 0 Å². The van der Waals surface area contributed by atoms with Crippen LogP contribution in [0.3, 0.4) is 0 Å². The number of hydrogen-bond donors (Lipinski definition) is 3. The highest BCUT2D eigenvalue weighted by Crippen LogP contribution is 2.18. The van der Waals surface area contributed by atoms with Crippen molar-refractivity contribution in [3.8, 4) is 0 Å². The summed E-state index contributed by atoms with van der Waals surface area (Å²) in [7, 11) is 0. The molecule has 0 amide bonds. The first-order valence-electron chi connectivity index (χ1n) is 29.5. The van der Waals surface area contributed by atoms with Crippen molar-refractivity contribution in [1.29, 1.82) is 0 Å². The van der Waals surface area contributed by atoms with Gasteiger partial charge in [-0.15, -0.1) is 0 Å². The minimum Gasteiger partial charge on any atom is -0.481 e. The fourth-order valence-corrected chi connectivity index (χ4v) is 7.94. The lowest BCUT2D eigenvalue weighted by Crippen LogP contribution is -2.00. The zero-order chi connectivity index (χ0) is 49.9. The highest BCUT2D eigenvalue weighted by atomic mass is 16.4. The Hall–Kier alpha value is -1.59. The van der Waals surface area contributed by atoms with Crippen LogP contribution in [0.5, 0.6) is 0 Å². The summed E-state index contributed by atoms with van der Waals surface area (Å²) >= 11 is 0. The first kappa shape index (κ1) is 71.0. The van der Waals surface area contributed by atoms with Crippen LogP contribution in [0, 0.1) is 5.41 Å². The molecule has 0 aliphatic carbocycles. The number of carboxylic acids is 3. The van der Waals surface area contributed by atoms with Crippen LogP contribution < -0.4 is 0 Å². The Bertz CT molecular complexity index is 807. The number of carbonyl (C=O) groups is 3. The summed E-state index contributed by atoms with van der Waals surface area (Å²) in [6, 6.07) is 0. The fraction of sp³-hybridized carbons (Fsp3) is 0.950. The second-order valence-electron chi connectivity index (χ2n) is 21.2. The molecule has 0 aliphatic heterocycles. The van der Waals surface area contributed by atoms with Gasteiger partial charge in [0.2, 0.25) is 0 Å². The molecule has 398 valence electrons. The smallest absolute Gasteiger partial charge is 0.303 e. The summed E-state index contributed by atoms with van der Waals surface area (Å²) in [5.41, 5.74) is 0.542. The molecular weight excluding hydrogens is 817 g/mol. The third kappa shape index (κ3) is 85.7. The summed E-state index contributed by atoms with van der Waals surface area (Å²) in [4.78, 5) is 31.0. The molecule has 0 aromatic heterocycles. The first-order chi connectivity index (χ1) is 31.9. The molecule has 0 heterocycles. The Morgan fingerprint density at radius 3 is 0.439 bits per heavy atom. The van der Waals surface area contributed by atoms with E-state index in [-0.39, 0.29) is 0 Å². The van der Waals surface area contributed by atoms with Gasteiger partial charge in [0.05, 0.1) is 0 Å². The molecule has 0 rings (SSSR count). The molecule has 0 saturated carbocycles. The third-order valence-corrected chi connectivity index (χ3v) is 13.0. The van der Waals surface area contributed by atoms with Crippen LogP contribution >= 0.6 is 0 Å². The van der Waals surface area contributed by atoms with Gasteiger partial charge in [0.1, 0.15) is 0 Å². The molecule has 0 aromatic carbocycles. The summed E-state index contributed by atoms with van der Waals surface area (Å²) < 4.78 is 0. The molecule has 0 spiro atoms. The largest absolute Gasteiger partial charge is 0.481 e. The second-order valence-corrected chi connectivity index (χ2v) is 21.2. The molecule has 0 saturated heterocycles. The van der Waals surface area contributed by atoms with E-state index in [9.17, 15) is 14.4 Å². The minimum atomic E-state index is -0.653. The van der Waals surface area contributed by atoms with Gasteiger partial charge >= 0.3 is 17.9 Å². The Morgan fingerprint density at radius 1 is 0.242 bits per heavy atom. The van der Waals surface area contributed by atoms with Crippen LogP contribution in [0.2, 0.25) is 0 Å². The van der Waals surface area contributed by atoms with E-state index < -0.39 is 17.9 Å². The van der Waals surface area contributed by atoms with Gasteiger partial charge in [0.25, 0.3) is 0 Å². The normalized spacial score (nSPS) is 11.0. The number of carboxylic acid groups (broad SMARTS) is 3. The minimum absolute atomic E-state index is 0.345. The Balaban J connectivity index is -0.000000410. The lowest BCUT2D eigenvalue weighted by atomic mass is 9.94. The van der Waals surface area contributed by atoms with Gasteiger partial charge in [0.15, 0.2) is 0 Å². The standard InChI is InChI=1S/3C18H36O2.C6H14/c3*1-2-3-4-5-6-7-8-9-10-11-12-13-14-15-16-17-18(19)20;1-5-6(2,3)4/h3*2-17H2,1H3,(H,19,20);5H2,1-4H3. The molecule has 0 aliphatic rings. The van der Waals surface area contributed by atoms with Crippen LogP contribution in [0.15, 0.2) is 0 Å². The number of hydrogen-bond acceptors (Lipinski definition) is 3. The summed E-state index contributed by atoms with van der Waals surface area (Å²) in [6.07, 6.45) is 61.9. The SMILES string of the molecule is CCC(C)(C)C.CCCCCCCCCCCCCCCCCC(=O)O.CCCCCCCCCCCCCCCCCC(=O)O.CCCCCCCCCCCCCCCCCC(=O)O. The van der Waals surface area contributed by atoms with Gasteiger partial charge in [-0.3, -0.25) is 14.4 Å². The van der Waals surface area contributed by atoms with Gasteiger partial charge in [-0.05, 0) is 24.7 Å². The van der Waals surface area contributed by atoms with E-state index >= 15 is 0 Å². The average molecular weight is 940 g/mol. The Kier molecular flexibility index (Phi) is 68.2. The van der Waals surface area contributed by atoms with Crippen LogP contribution in [-0.2, 0) is 14.4 Å². The third-order valence-electron chi connectivity index (χ3n) is 13.0. The first-order valence-corrected chi connectivity index (χ1v) is 29.5. The van der Waals surface area contributed by atoms with Gasteiger partial charge in [0, 0.05) is 19.3 Å². The van der Waals surface area contributed by atoms with Crippen LogP contribution in [-0.4, -0.2) is 33.2 Å². The molecule has 0 radical (unpaired) electrons. The van der Waals surface area contributed by atoms with Crippen molar-refractivity contribution in [3.05, 3.63) is 0 Å². The molecular formula is C60H122O6. The summed E-state index contributed by atoms with van der Waals surface area (Å²) in [5, 5.41) is 25.6. The predicted molar refractivity (Wildman–Crippen MR) is 291 cm³/mol. The van der Waals surface area contributed by atoms with E-state index in [2.05, 4.69) is 48.5 Å². The molecule has 0 bridgehead atoms. The molecule has 6 nitrogen and oxygen atoms in total. The maximum atomic E-state index is 10.3. The quantitative estimate of drug-likeness (QED) is 0.0524. The van der Waals surface area contributed by atoms with Gasteiger partial charge < -0.3 is 15.3 Å². The Morgan fingerprint density at radius 2 is 0.348 bits per heavy atom. The lowest BCUT2D eigenvalue weighted by Gasteiger charge is -2.12. The second kappa shape index (κ2) is 63.4. The van der Waals surface area contributed by atoms with E-state index in [1.54, 1.807) is 0 Å². The van der Waals surface area contributed by atoms with Gasteiger partial charge in [-0.1, -0.05) is 325 Å². The number of aliphatic carboxylic acids is 3. The molecule has 0 unspecified atom stereocenters. The summed E-state index contributed by atoms with van der Waals surface area (Å²) in [5.74, 6) is -1.96. The number of unbranched alkanes of at least 4 members (excludes halogenated alkanes) is 42. The van der Waals surface area contributed by atoms with Crippen molar-refractivity contribution < 1.29 is 29.7 Å². The summed E-state index contributed by atoms with van der Waals surface area (Å²) in [6.45, 7) is 15.7. The van der Waals surface area contributed by atoms with Gasteiger partial charge in [-0.25, -0.2) is 0 Å². The predicted octanol–water partition coefficient (Wildman–Crippen LogP) is 21.4. The molecule has 0 aromatic rings. The van der Waals surface area contributed by atoms with Crippen LogP contribution in [0.1, 0.15) is 363 Å². The van der Waals surface area contributed by atoms with E-state index in [1.165, 1.54) is 257 Å². The number of rotatable bonds is 48. The zero-order valence-electron chi connectivity index (χ0n) is 46.2. The van der Waals surface area contributed by atoms with E-state index in [0.717, 1.165) is 38.5 Å². The molecule has 0 atom stereocenters. The maximum absolute atomic E-state index is 10.3. The molecule has 0 fully saturated rings. The maximum Gasteiger partial charge on any atom is 0.303 e. The van der Waals surface area contributed by atoms with Crippen LogP contribution in [0.4, 0.5) is 0 Å².